The molecule has 2 N–H and O–H groups in total. The Balaban J connectivity index is 2.37. The van der Waals surface area contributed by atoms with Crippen LogP contribution in [0.15, 0.2) is 24.5 Å². The normalized spacial score (nSPS) is 10.1. The molecule has 7 nitrogen and oxygen atoms in total. The first kappa shape index (κ1) is 12.1. The Morgan fingerprint density at radius 1 is 1.50 bits per heavy atom. The molecule has 0 saturated heterocycles. The number of hydrogen-bond acceptors (Lipinski definition) is 6. The zero-order valence-electron chi connectivity index (χ0n) is 9.40. The van der Waals surface area contributed by atoms with E-state index in [1.165, 1.54) is 18.1 Å². The summed E-state index contributed by atoms with van der Waals surface area (Å²) in [6, 6.07) is 5.11. The Labute approximate surface area is 108 Å². The highest BCUT2D eigenvalue weighted by Gasteiger charge is 2.12. The summed E-state index contributed by atoms with van der Waals surface area (Å²) in [6.07, 6.45) is 1.36. The molecule has 2 aromatic rings. The Morgan fingerprint density at radius 2 is 2.28 bits per heavy atom. The van der Waals surface area contributed by atoms with Gasteiger partial charge in [-0.1, -0.05) is 18.3 Å². The van der Waals surface area contributed by atoms with Crippen LogP contribution in [0.1, 0.15) is 16.3 Å². The Hall–Kier alpha value is -2.35. The minimum absolute atomic E-state index is 0.0416. The number of carbonyl (C=O) groups is 1. The molecular weight excluding hydrogens is 254 g/mol. The highest BCUT2D eigenvalue weighted by atomic mass is 32.1. The topological polar surface area (TPSA) is 95.9 Å². The van der Waals surface area contributed by atoms with Gasteiger partial charge in [-0.15, -0.1) is 5.10 Å². The van der Waals surface area contributed by atoms with Gasteiger partial charge in [-0.3, -0.25) is 0 Å². The summed E-state index contributed by atoms with van der Waals surface area (Å²) >= 11 is 4.83. The van der Waals surface area contributed by atoms with E-state index < -0.39 is 5.97 Å². The zero-order chi connectivity index (χ0) is 13.1. The fraction of sp³-hybridized carbons (Fsp3) is 0.100. The minimum Gasteiger partial charge on any atom is -0.463 e. The van der Waals surface area contributed by atoms with E-state index in [2.05, 4.69) is 19.8 Å². The van der Waals surface area contributed by atoms with Gasteiger partial charge in [-0.25, -0.2) is 19.4 Å². The van der Waals surface area contributed by atoms with Gasteiger partial charge in [0.2, 0.25) is 0 Å². The first-order valence-corrected chi connectivity index (χ1v) is 5.30. The van der Waals surface area contributed by atoms with Crippen molar-refractivity contribution in [3.05, 3.63) is 36.0 Å². The molecule has 0 saturated carbocycles. The Bertz CT molecular complexity index is 610. The van der Waals surface area contributed by atoms with Crippen molar-refractivity contribution in [2.75, 3.05) is 7.11 Å². The van der Waals surface area contributed by atoms with Crippen molar-refractivity contribution < 1.29 is 9.53 Å². The lowest BCUT2D eigenvalue weighted by molar-refractivity contribution is 0.0587. The molecule has 0 aliphatic rings. The van der Waals surface area contributed by atoms with E-state index in [-0.39, 0.29) is 10.8 Å². The monoisotopic (exact) mass is 263 g/mol. The van der Waals surface area contributed by atoms with Crippen molar-refractivity contribution in [1.82, 2.24) is 19.7 Å². The van der Waals surface area contributed by atoms with Crippen molar-refractivity contribution in [1.29, 1.82) is 0 Å². The molecule has 0 unspecified atom stereocenters. The maximum atomic E-state index is 11.2. The van der Waals surface area contributed by atoms with Crippen LogP contribution in [-0.2, 0) is 4.74 Å². The van der Waals surface area contributed by atoms with Gasteiger partial charge in [0.15, 0.2) is 5.82 Å². The molecule has 0 aliphatic carbocycles. The summed E-state index contributed by atoms with van der Waals surface area (Å²) in [5.41, 5.74) is 5.96. The van der Waals surface area contributed by atoms with Crippen LogP contribution in [0.25, 0.3) is 5.82 Å². The summed E-state index contributed by atoms with van der Waals surface area (Å²) < 4.78 is 5.85. The maximum absolute atomic E-state index is 11.2. The SMILES string of the molecule is COC(=O)c1ncn(-c2cccc(C(N)=S)n2)n1. The molecule has 0 radical (unpaired) electrons. The lowest BCUT2D eigenvalue weighted by atomic mass is 10.3. The fourth-order valence-electron chi connectivity index (χ4n) is 1.25. The van der Waals surface area contributed by atoms with Crippen molar-refractivity contribution in [3.63, 3.8) is 0 Å². The molecule has 2 heterocycles. The first-order chi connectivity index (χ1) is 8.61. The number of carbonyl (C=O) groups excluding carboxylic acids is 1. The van der Waals surface area contributed by atoms with Crippen LogP contribution in [0.4, 0.5) is 0 Å². The number of nitrogens with zero attached hydrogens (tertiary/aromatic N) is 4. The molecule has 0 aliphatic heterocycles. The molecule has 2 rings (SSSR count). The molecule has 2 aromatic heterocycles. The number of methoxy groups -OCH3 is 1. The smallest absolute Gasteiger partial charge is 0.377 e. The number of ether oxygens (including phenoxy) is 1. The van der Waals surface area contributed by atoms with Crippen LogP contribution in [0, 0.1) is 0 Å². The van der Waals surface area contributed by atoms with Crippen LogP contribution in [0.3, 0.4) is 0 Å². The van der Waals surface area contributed by atoms with Crippen LogP contribution >= 0.6 is 12.2 Å². The van der Waals surface area contributed by atoms with Crippen LogP contribution in [0.2, 0.25) is 0 Å². The van der Waals surface area contributed by atoms with Crippen molar-refractivity contribution in [3.8, 4) is 5.82 Å². The largest absolute Gasteiger partial charge is 0.463 e. The molecule has 0 bridgehead atoms. The number of nitrogens with two attached hydrogens (primary N) is 1. The van der Waals surface area contributed by atoms with Gasteiger partial charge < -0.3 is 10.5 Å². The van der Waals surface area contributed by atoms with Crippen LogP contribution in [0.5, 0.6) is 0 Å². The third-order valence-electron chi connectivity index (χ3n) is 2.08. The van der Waals surface area contributed by atoms with E-state index in [0.29, 0.717) is 11.5 Å². The number of pyridine rings is 1. The molecule has 0 spiro atoms. The summed E-state index contributed by atoms with van der Waals surface area (Å²) in [7, 11) is 1.26. The number of esters is 1. The van der Waals surface area contributed by atoms with E-state index in [9.17, 15) is 4.79 Å². The van der Waals surface area contributed by atoms with Crippen molar-refractivity contribution in [2.24, 2.45) is 5.73 Å². The molecule has 0 aromatic carbocycles. The van der Waals surface area contributed by atoms with Gasteiger partial charge in [-0.05, 0) is 12.1 Å². The third-order valence-corrected chi connectivity index (χ3v) is 2.29. The lowest BCUT2D eigenvalue weighted by Crippen LogP contribution is -2.13. The standard InChI is InChI=1S/C10H9N5O2S/c1-17-10(16)9-12-5-15(14-9)7-4-2-3-6(13-7)8(11)18/h2-5H,1H3,(H2,11,18). The summed E-state index contributed by atoms with van der Waals surface area (Å²) in [5.74, 6) is -0.192. The first-order valence-electron chi connectivity index (χ1n) is 4.89. The fourth-order valence-corrected chi connectivity index (χ4v) is 1.36. The number of thiocarbonyl (C=S) groups is 1. The molecule has 92 valence electrons. The molecule has 0 amide bonds. The number of rotatable bonds is 3. The van der Waals surface area contributed by atoms with E-state index in [0.717, 1.165) is 0 Å². The quantitative estimate of drug-likeness (QED) is 0.619. The van der Waals surface area contributed by atoms with Crippen LogP contribution in [-0.4, -0.2) is 37.8 Å². The maximum Gasteiger partial charge on any atom is 0.377 e. The molecule has 0 atom stereocenters. The van der Waals surface area contributed by atoms with E-state index in [1.54, 1.807) is 18.2 Å². The molecular formula is C10H9N5O2S. The third kappa shape index (κ3) is 2.33. The minimum atomic E-state index is -0.612. The van der Waals surface area contributed by atoms with E-state index >= 15 is 0 Å². The van der Waals surface area contributed by atoms with Crippen LogP contribution < -0.4 is 5.73 Å². The van der Waals surface area contributed by atoms with Crippen molar-refractivity contribution in [2.45, 2.75) is 0 Å². The predicted molar refractivity (Wildman–Crippen MR) is 66.4 cm³/mol. The average molecular weight is 263 g/mol. The zero-order valence-corrected chi connectivity index (χ0v) is 10.2. The second kappa shape index (κ2) is 4.88. The summed E-state index contributed by atoms with van der Waals surface area (Å²) in [5, 5.41) is 3.94. The molecule has 18 heavy (non-hydrogen) atoms. The van der Waals surface area contributed by atoms with E-state index in [1.807, 2.05) is 0 Å². The van der Waals surface area contributed by atoms with Gasteiger partial charge in [-0.2, -0.15) is 0 Å². The summed E-state index contributed by atoms with van der Waals surface area (Å²) in [6.45, 7) is 0. The second-order valence-corrected chi connectivity index (χ2v) is 3.69. The van der Waals surface area contributed by atoms with Gasteiger partial charge in [0.25, 0.3) is 5.82 Å². The molecule has 0 fully saturated rings. The predicted octanol–water partition coefficient (Wildman–Crippen LogP) is 0.0831. The Kier molecular flexibility index (Phi) is 3.28. The number of aromatic nitrogens is 4. The number of hydrogen-bond donors (Lipinski definition) is 1. The van der Waals surface area contributed by atoms with Gasteiger partial charge in [0.05, 0.1) is 12.8 Å². The average Bonchev–Trinajstić information content (AvgIpc) is 2.87. The second-order valence-electron chi connectivity index (χ2n) is 3.25. The van der Waals surface area contributed by atoms with Crippen molar-refractivity contribution >= 4 is 23.2 Å². The van der Waals surface area contributed by atoms with E-state index in [4.69, 9.17) is 18.0 Å². The van der Waals surface area contributed by atoms with Gasteiger partial charge >= 0.3 is 5.97 Å². The molecule has 8 heteroatoms. The lowest BCUT2D eigenvalue weighted by Gasteiger charge is -2.01. The highest BCUT2D eigenvalue weighted by molar-refractivity contribution is 7.80. The van der Waals surface area contributed by atoms with Gasteiger partial charge in [0, 0.05) is 0 Å². The van der Waals surface area contributed by atoms with Gasteiger partial charge in [0.1, 0.15) is 11.3 Å². The Morgan fingerprint density at radius 3 is 2.94 bits per heavy atom. The summed E-state index contributed by atoms with van der Waals surface area (Å²) in [4.78, 5) is 19.4. The highest BCUT2D eigenvalue weighted by Crippen LogP contribution is 2.05.